The first-order chi connectivity index (χ1) is 16.1. The number of methoxy groups -OCH3 is 1. The topological polar surface area (TPSA) is 87.2 Å². The fourth-order valence-electron chi connectivity index (χ4n) is 4.62. The second-order valence-corrected chi connectivity index (χ2v) is 10.1. The minimum absolute atomic E-state index is 0.0556. The minimum atomic E-state index is -0.439. The van der Waals surface area contributed by atoms with Gasteiger partial charge in [-0.15, -0.1) is 0 Å². The molecule has 2 aliphatic rings. The number of hydrogen-bond acceptors (Lipinski definition) is 7. The van der Waals surface area contributed by atoms with Crippen molar-refractivity contribution in [3.8, 4) is 5.75 Å². The van der Waals surface area contributed by atoms with Crippen LogP contribution >= 0.6 is 0 Å². The number of nitrogens with one attached hydrogen (secondary N) is 1. The first-order valence-corrected chi connectivity index (χ1v) is 11.8. The van der Waals surface area contributed by atoms with E-state index in [1.165, 1.54) is 4.90 Å². The molecule has 9 heteroatoms. The summed E-state index contributed by atoms with van der Waals surface area (Å²) in [4.78, 5) is 36.0. The molecule has 9 nitrogen and oxygen atoms in total. The van der Waals surface area contributed by atoms with Gasteiger partial charge in [0.05, 0.1) is 24.9 Å². The van der Waals surface area contributed by atoms with Crippen LogP contribution in [0.5, 0.6) is 5.75 Å². The Balaban J connectivity index is 1.33. The van der Waals surface area contributed by atoms with E-state index in [-0.39, 0.29) is 24.1 Å². The van der Waals surface area contributed by atoms with E-state index in [2.05, 4.69) is 40.9 Å². The van der Waals surface area contributed by atoms with Crippen molar-refractivity contribution in [2.75, 3.05) is 58.2 Å². The van der Waals surface area contributed by atoms with E-state index in [1.807, 2.05) is 31.2 Å². The maximum absolute atomic E-state index is 12.8. The molecule has 3 heterocycles. The maximum atomic E-state index is 12.8. The van der Waals surface area contributed by atoms with Crippen LogP contribution in [0.4, 0.5) is 10.5 Å². The number of piperazine rings is 1. The Bertz CT molecular complexity index is 1060. The molecule has 1 unspecified atom stereocenters. The molecule has 34 heavy (non-hydrogen) atoms. The normalized spacial score (nSPS) is 20.0. The Labute approximate surface area is 201 Å². The molecule has 0 aliphatic carbocycles. The summed E-state index contributed by atoms with van der Waals surface area (Å²) >= 11 is 0. The van der Waals surface area contributed by atoms with Crippen molar-refractivity contribution in [3.05, 3.63) is 30.0 Å². The van der Waals surface area contributed by atoms with Crippen LogP contribution in [-0.2, 0) is 9.53 Å². The van der Waals surface area contributed by atoms with Crippen LogP contribution in [0, 0.1) is 6.92 Å². The van der Waals surface area contributed by atoms with Crippen LogP contribution in [0.2, 0.25) is 0 Å². The maximum Gasteiger partial charge on any atom is 0.410 e. The number of anilines is 1. The zero-order valence-electron chi connectivity index (χ0n) is 20.8. The van der Waals surface area contributed by atoms with Crippen LogP contribution in [0.1, 0.15) is 26.5 Å². The molecule has 184 valence electrons. The summed E-state index contributed by atoms with van der Waals surface area (Å²) in [5.41, 5.74) is 2.37. The van der Waals surface area contributed by atoms with Gasteiger partial charge in [-0.3, -0.25) is 24.5 Å². The highest BCUT2D eigenvalue weighted by Crippen LogP contribution is 2.27. The summed E-state index contributed by atoms with van der Waals surface area (Å²) in [6.45, 7) is 13.5. The molecule has 2 amide bonds. The van der Waals surface area contributed by atoms with Gasteiger partial charge in [-0.1, -0.05) is 0 Å². The standard InChI is InChI=1S/C25H35N5O4/c1-17-12-22(20-13-18(33-5)6-7-21(20)26-17)27-23(31)16-29-15-19(34-24(29)32)14-28-8-10-30(11-9-28)25(2,3)4/h6-7,12-13,19H,8-11,14-16H2,1-5H3,(H,26,27,31). The van der Waals surface area contributed by atoms with Gasteiger partial charge in [0.2, 0.25) is 5.91 Å². The van der Waals surface area contributed by atoms with Gasteiger partial charge in [-0.05, 0) is 52.0 Å². The van der Waals surface area contributed by atoms with E-state index >= 15 is 0 Å². The lowest BCUT2D eigenvalue weighted by molar-refractivity contribution is -0.116. The Hall–Kier alpha value is -2.91. The number of amides is 2. The Morgan fingerprint density at radius 1 is 1.21 bits per heavy atom. The fraction of sp³-hybridized carbons (Fsp3) is 0.560. The number of benzene rings is 1. The predicted molar refractivity (Wildman–Crippen MR) is 131 cm³/mol. The first kappa shape index (κ1) is 24.2. The summed E-state index contributed by atoms with van der Waals surface area (Å²) in [7, 11) is 1.60. The van der Waals surface area contributed by atoms with E-state index in [9.17, 15) is 9.59 Å². The van der Waals surface area contributed by atoms with Crippen molar-refractivity contribution in [1.82, 2.24) is 19.7 Å². The highest BCUT2D eigenvalue weighted by atomic mass is 16.6. The molecular formula is C25H35N5O4. The lowest BCUT2D eigenvalue weighted by atomic mass is 10.0. The van der Waals surface area contributed by atoms with Crippen LogP contribution < -0.4 is 10.1 Å². The van der Waals surface area contributed by atoms with Crippen LogP contribution in [0.15, 0.2) is 24.3 Å². The molecule has 2 saturated heterocycles. The van der Waals surface area contributed by atoms with Gasteiger partial charge < -0.3 is 14.8 Å². The lowest BCUT2D eigenvalue weighted by Gasteiger charge is -2.42. The van der Waals surface area contributed by atoms with Gasteiger partial charge in [0.25, 0.3) is 0 Å². The molecule has 1 atom stereocenters. The van der Waals surface area contributed by atoms with Gasteiger partial charge in [0, 0.05) is 49.3 Å². The summed E-state index contributed by atoms with van der Waals surface area (Å²) < 4.78 is 10.9. The van der Waals surface area contributed by atoms with Gasteiger partial charge >= 0.3 is 6.09 Å². The van der Waals surface area contributed by atoms with E-state index in [0.717, 1.165) is 42.8 Å². The first-order valence-electron chi connectivity index (χ1n) is 11.8. The molecule has 1 N–H and O–H groups in total. The fourth-order valence-corrected chi connectivity index (χ4v) is 4.62. The SMILES string of the molecule is COc1ccc2nc(C)cc(NC(=O)CN3CC(CN4CCN(C(C)(C)C)CC4)OC3=O)c2c1. The number of aromatic nitrogens is 1. The number of fused-ring (bicyclic) bond motifs is 1. The molecule has 0 radical (unpaired) electrons. The highest BCUT2D eigenvalue weighted by molar-refractivity contribution is 6.02. The molecule has 2 aromatic rings. The van der Waals surface area contributed by atoms with Crippen molar-refractivity contribution >= 4 is 28.6 Å². The smallest absolute Gasteiger partial charge is 0.410 e. The van der Waals surface area contributed by atoms with Crippen molar-refractivity contribution in [2.45, 2.75) is 39.3 Å². The van der Waals surface area contributed by atoms with Crippen molar-refractivity contribution < 1.29 is 19.1 Å². The number of cyclic esters (lactones) is 1. The number of pyridine rings is 1. The number of hydrogen-bond donors (Lipinski definition) is 1. The minimum Gasteiger partial charge on any atom is -0.497 e. The third-order valence-corrected chi connectivity index (χ3v) is 6.48. The van der Waals surface area contributed by atoms with Gasteiger partial charge in [0.1, 0.15) is 18.4 Å². The molecule has 2 aliphatic heterocycles. The van der Waals surface area contributed by atoms with Crippen molar-refractivity contribution in [1.29, 1.82) is 0 Å². The number of rotatable bonds is 6. The molecule has 0 bridgehead atoms. The van der Waals surface area contributed by atoms with Crippen LogP contribution in [-0.4, -0.2) is 96.3 Å². The number of carbonyl (C=O) groups excluding carboxylic acids is 2. The number of nitrogens with zero attached hydrogens (tertiary/aromatic N) is 4. The summed E-state index contributed by atoms with van der Waals surface area (Å²) in [6, 6.07) is 7.36. The molecule has 2 fully saturated rings. The van der Waals surface area contributed by atoms with Crippen molar-refractivity contribution in [3.63, 3.8) is 0 Å². The summed E-state index contributed by atoms with van der Waals surface area (Å²) in [5, 5.41) is 3.73. The molecule has 1 aromatic heterocycles. The Morgan fingerprint density at radius 2 is 1.94 bits per heavy atom. The average Bonchev–Trinajstić information content (AvgIpc) is 3.11. The van der Waals surface area contributed by atoms with Gasteiger partial charge in [-0.25, -0.2) is 4.79 Å². The average molecular weight is 470 g/mol. The second kappa shape index (κ2) is 9.76. The van der Waals surface area contributed by atoms with E-state index in [1.54, 1.807) is 7.11 Å². The zero-order chi connectivity index (χ0) is 24.5. The quantitative estimate of drug-likeness (QED) is 0.696. The van der Waals surface area contributed by atoms with Crippen LogP contribution in [0.25, 0.3) is 10.9 Å². The number of aryl methyl sites for hydroxylation is 1. The van der Waals surface area contributed by atoms with Crippen molar-refractivity contribution in [2.24, 2.45) is 0 Å². The molecule has 0 spiro atoms. The zero-order valence-corrected chi connectivity index (χ0v) is 20.8. The molecule has 0 saturated carbocycles. The second-order valence-electron chi connectivity index (χ2n) is 10.1. The van der Waals surface area contributed by atoms with E-state index < -0.39 is 6.09 Å². The van der Waals surface area contributed by atoms with E-state index in [0.29, 0.717) is 24.5 Å². The largest absolute Gasteiger partial charge is 0.497 e. The predicted octanol–water partition coefficient (Wildman–Crippen LogP) is 2.73. The summed E-state index contributed by atoms with van der Waals surface area (Å²) in [6.07, 6.45) is -0.666. The third-order valence-electron chi connectivity index (χ3n) is 6.48. The van der Waals surface area contributed by atoms with Crippen LogP contribution in [0.3, 0.4) is 0 Å². The molecular weight excluding hydrogens is 434 g/mol. The third kappa shape index (κ3) is 5.59. The highest BCUT2D eigenvalue weighted by Gasteiger charge is 2.35. The Morgan fingerprint density at radius 3 is 2.62 bits per heavy atom. The molecule has 4 rings (SSSR count). The summed E-state index contributed by atoms with van der Waals surface area (Å²) in [5.74, 6) is 0.411. The molecule has 1 aromatic carbocycles. The lowest BCUT2D eigenvalue weighted by Crippen LogP contribution is -2.54. The Kier molecular flexibility index (Phi) is 6.95. The van der Waals surface area contributed by atoms with E-state index in [4.69, 9.17) is 9.47 Å². The van der Waals surface area contributed by atoms with Gasteiger partial charge in [-0.2, -0.15) is 0 Å². The number of ether oxygens (including phenoxy) is 2. The number of carbonyl (C=O) groups is 2. The monoisotopic (exact) mass is 469 g/mol. The van der Waals surface area contributed by atoms with Gasteiger partial charge in [0.15, 0.2) is 0 Å².